The molecule has 8 heteroatoms. The summed E-state index contributed by atoms with van der Waals surface area (Å²) >= 11 is 10.9. The van der Waals surface area contributed by atoms with E-state index in [2.05, 4.69) is 10.5 Å². The average molecular weight is 317 g/mol. The molecule has 0 saturated heterocycles. The second-order valence-electron chi connectivity index (χ2n) is 3.40. The number of ether oxygens (including phenoxy) is 1. The molecule has 0 aliphatic rings. The zero-order valence-corrected chi connectivity index (χ0v) is 11.8. The molecule has 1 aromatic rings. The Morgan fingerprint density at radius 1 is 1.40 bits per heavy atom. The summed E-state index contributed by atoms with van der Waals surface area (Å²) in [6.07, 6.45) is 0.927. The smallest absolute Gasteiger partial charge is 0.348 e. The lowest BCUT2D eigenvalue weighted by Gasteiger charge is -2.02. The van der Waals surface area contributed by atoms with Gasteiger partial charge in [-0.2, -0.15) is 5.10 Å². The number of methoxy groups -OCH3 is 1. The van der Waals surface area contributed by atoms with Crippen molar-refractivity contribution in [1.82, 2.24) is 5.43 Å². The van der Waals surface area contributed by atoms with E-state index in [1.165, 1.54) is 13.2 Å². The Hall–Kier alpha value is -2.05. The highest BCUT2D eigenvalue weighted by atomic mass is 35.5. The van der Waals surface area contributed by atoms with Gasteiger partial charge in [0.1, 0.15) is 10.8 Å². The van der Waals surface area contributed by atoms with E-state index in [0.29, 0.717) is 11.3 Å². The first-order valence-electron chi connectivity index (χ1n) is 5.21. The fourth-order valence-corrected chi connectivity index (χ4v) is 1.31. The summed E-state index contributed by atoms with van der Waals surface area (Å²) in [6, 6.07) is 6.42. The van der Waals surface area contributed by atoms with Crippen molar-refractivity contribution < 1.29 is 19.4 Å². The average Bonchev–Trinajstić information content (AvgIpc) is 2.45. The molecule has 0 spiro atoms. The number of hydrogen-bond donors (Lipinski definition) is 2. The van der Waals surface area contributed by atoms with Crippen LogP contribution in [0, 0.1) is 0 Å². The number of aliphatic carboxylic acids is 1. The van der Waals surface area contributed by atoms with Crippen LogP contribution in [-0.4, -0.2) is 30.3 Å². The largest absolute Gasteiger partial charge is 0.497 e. The molecular weight excluding hydrogens is 307 g/mol. The number of nitrogens with one attached hydrogen (secondary N) is 1. The third-order valence-electron chi connectivity index (χ3n) is 2.07. The number of amides is 1. The first-order chi connectivity index (χ1) is 9.45. The molecule has 1 rings (SSSR count). The highest BCUT2D eigenvalue weighted by Crippen LogP contribution is 2.13. The van der Waals surface area contributed by atoms with Gasteiger partial charge in [-0.15, -0.1) is 0 Å². The third-order valence-corrected chi connectivity index (χ3v) is 2.82. The van der Waals surface area contributed by atoms with Crippen molar-refractivity contribution in [3.05, 3.63) is 39.9 Å². The van der Waals surface area contributed by atoms with Crippen LogP contribution in [0.5, 0.6) is 5.75 Å². The van der Waals surface area contributed by atoms with Crippen LogP contribution in [0.15, 0.2) is 39.4 Å². The van der Waals surface area contributed by atoms with Gasteiger partial charge in [0.15, 0.2) is 0 Å². The van der Waals surface area contributed by atoms with Crippen molar-refractivity contribution in [2.24, 2.45) is 5.10 Å². The Balaban J connectivity index is 2.72. The zero-order chi connectivity index (χ0) is 15.1. The molecule has 0 heterocycles. The molecule has 0 saturated carbocycles. The van der Waals surface area contributed by atoms with Crippen LogP contribution in [0.2, 0.25) is 0 Å². The van der Waals surface area contributed by atoms with Crippen LogP contribution in [0.1, 0.15) is 10.4 Å². The number of hydrazone groups is 1. The van der Waals surface area contributed by atoms with E-state index in [1.54, 1.807) is 18.2 Å². The predicted octanol–water partition coefficient (Wildman–Crippen LogP) is 2.18. The van der Waals surface area contributed by atoms with Crippen LogP contribution in [0.25, 0.3) is 0 Å². The van der Waals surface area contributed by atoms with E-state index >= 15 is 0 Å². The third kappa shape index (κ3) is 4.56. The fourth-order valence-electron chi connectivity index (χ4n) is 1.14. The van der Waals surface area contributed by atoms with E-state index in [0.717, 1.165) is 6.21 Å². The lowest BCUT2D eigenvalue weighted by Crippen LogP contribution is -2.17. The van der Waals surface area contributed by atoms with Crippen LogP contribution >= 0.6 is 23.2 Å². The second-order valence-corrected chi connectivity index (χ2v) is 4.18. The van der Waals surface area contributed by atoms with Gasteiger partial charge in [0, 0.05) is 5.56 Å². The van der Waals surface area contributed by atoms with Gasteiger partial charge in [-0.05, 0) is 18.2 Å². The van der Waals surface area contributed by atoms with Crippen molar-refractivity contribution in [3.63, 3.8) is 0 Å². The van der Waals surface area contributed by atoms with Gasteiger partial charge in [-0.25, -0.2) is 10.2 Å². The molecule has 0 aliphatic heterocycles. The van der Waals surface area contributed by atoms with Gasteiger partial charge in [0.2, 0.25) is 0 Å². The minimum Gasteiger partial charge on any atom is -0.497 e. The van der Waals surface area contributed by atoms with Crippen molar-refractivity contribution >= 4 is 41.3 Å². The first kappa shape index (κ1) is 16.0. The highest BCUT2D eigenvalue weighted by molar-refractivity contribution is 6.51. The quantitative estimate of drug-likeness (QED) is 0.495. The highest BCUT2D eigenvalue weighted by Gasteiger charge is 2.08. The maximum Gasteiger partial charge on any atom is 0.348 e. The van der Waals surface area contributed by atoms with E-state index in [9.17, 15) is 9.59 Å². The first-order valence-corrected chi connectivity index (χ1v) is 5.97. The Bertz CT molecular complexity index is 585. The summed E-state index contributed by atoms with van der Waals surface area (Å²) in [6.45, 7) is 0. The topological polar surface area (TPSA) is 88.0 Å². The van der Waals surface area contributed by atoms with Crippen LogP contribution in [0.3, 0.4) is 0 Å². The molecule has 0 atom stereocenters. The predicted molar refractivity (Wildman–Crippen MR) is 75.3 cm³/mol. The number of carbonyl (C=O) groups excluding carboxylic acids is 1. The van der Waals surface area contributed by atoms with Gasteiger partial charge in [0.05, 0.1) is 18.4 Å². The van der Waals surface area contributed by atoms with Gasteiger partial charge >= 0.3 is 5.97 Å². The van der Waals surface area contributed by atoms with Gasteiger partial charge in [-0.1, -0.05) is 29.3 Å². The maximum absolute atomic E-state index is 11.7. The van der Waals surface area contributed by atoms with E-state index in [1.807, 2.05) is 0 Å². The SMILES string of the molecule is COc1cccc(C(=O)N/N=C/C(Cl)=C(\Cl)C(=O)O)c1. The molecule has 0 unspecified atom stereocenters. The molecule has 0 aromatic heterocycles. The summed E-state index contributed by atoms with van der Waals surface area (Å²) in [5, 5.41) is 11.2. The van der Waals surface area contributed by atoms with Gasteiger partial charge < -0.3 is 9.84 Å². The van der Waals surface area contributed by atoms with Gasteiger partial charge in [-0.3, -0.25) is 4.79 Å². The number of nitrogens with zero attached hydrogens (tertiary/aromatic N) is 1. The zero-order valence-electron chi connectivity index (χ0n) is 10.3. The fraction of sp³-hybridized carbons (Fsp3) is 0.0833. The minimum absolute atomic E-state index is 0.301. The Morgan fingerprint density at radius 3 is 2.70 bits per heavy atom. The lowest BCUT2D eigenvalue weighted by atomic mass is 10.2. The number of benzene rings is 1. The standard InChI is InChI=1S/C12H10Cl2N2O4/c1-20-8-4-2-3-7(5-8)11(17)16-15-6-9(13)10(14)12(18)19/h2-6H,1H3,(H,16,17)(H,18,19)/b10-9+,15-6+. The van der Waals surface area contributed by atoms with Crippen LogP contribution in [-0.2, 0) is 4.79 Å². The van der Waals surface area contributed by atoms with Crippen molar-refractivity contribution in [2.75, 3.05) is 7.11 Å². The molecule has 0 aliphatic carbocycles. The molecule has 2 N–H and O–H groups in total. The molecule has 0 bridgehead atoms. The Morgan fingerprint density at radius 2 is 2.10 bits per heavy atom. The molecule has 1 aromatic carbocycles. The number of carboxylic acid groups (broad SMARTS) is 1. The summed E-state index contributed by atoms with van der Waals surface area (Å²) in [5.74, 6) is -1.37. The Labute approximate surface area is 124 Å². The maximum atomic E-state index is 11.7. The summed E-state index contributed by atoms with van der Waals surface area (Å²) in [5.41, 5.74) is 2.50. The molecule has 106 valence electrons. The molecule has 20 heavy (non-hydrogen) atoms. The Kier molecular flexibility index (Phi) is 6.02. The van der Waals surface area contributed by atoms with Crippen LogP contribution in [0.4, 0.5) is 0 Å². The molecule has 0 fully saturated rings. The number of allylic oxidation sites excluding steroid dienone is 1. The monoisotopic (exact) mass is 316 g/mol. The molecule has 1 amide bonds. The summed E-state index contributed by atoms with van der Waals surface area (Å²) in [4.78, 5) is 22.2. The molecule has 6 nitrogen and oxygen atoms in total. The van der Waals surface area contributed by atoms with Crippen molar-refractivity contribution in [1.29, 1.82) is 0 Å². The second kappa shape index (κ2) is 7.52. The van der Waals surface area contributed by atoms with E-state index in [4.69, 9.17) is 33.0 Å². The molecular formula is C12H10Cl2N2O4. The minimum atomic E-state index is -1.39. The van der Waals surface area contributed by atoms with E-state index < -0.39 is 16.9 Å². The lowest BCUT2D eigenvalue weighted by molar-refractivity contribution is -0.131. The van der Waals surface area contributed by atoms with E-state index in [-0.39, 0.29) is 5.03 Å². The number of halogens is 2. The van der Waals surface area contributed by atoms with Crippen molar-refractivity contribution in [3.8, 4) is 5.75 Å². The van der Waals surface area contributed by atoms with Crippen LogP contribution < -0.4 is 10.2 Å². The van der Waals surface area contributed by atoms with Crippen molar-refractivity contribution in [2.45, 2.75) is 0 Å². The number of carboxylic acids is 1. The summed E-state index contributed by atoms with van der Waals surface area (Å²) < 4.78 is 4.98. The number of rotatable bonds is 5. The van der Waals surface area contributed by atoms with Gasteiger partial charge in [0.25, 0.3) is 5.91 Å². The number of hydrogen-bond acceptors (Lipinski definition) is 4. The summed E-state index contributed by atoms with van der Waals surface area (Å²) in [7, 11) is 1.48. The molecule has 0 radical (unpaired) electrons. The number of carbonyl (C=O) groups is 2. The normalized spacial score (nSPS) is 11.9.